The highest BCUT2D eigenvalue weighted by Gasteiger charge is 2.50. The molecule has 0 saturated carbocycles. The van der Waals surface area contributed by atoms with Crippen LogP contribution in [-0.4, -0.2) is 84.5 Å². The molecule has 0 radical (unpaired) electrons. The molecular weight excluding hydrogens is 637 g/mol. The number of hydrogen-bond acceptors (Lipinski definition) is 9. The first-order valence-electron chi connectivity index (χ1n) is 15.4. The standard InChI is InChI=1S/C30H44N4O8S2Si/c1-7-34-26-17-23-22-10-8-9-21-19-33(20-40-15-16-45(4,5)6)32-27(21)28(22)31-25(23)18-24(26)30(29(34)35,11-13-41-43(2,36)37)12-14-42-44(3,38)39/h17-19,31H,7-16,20H2,1-6H3. The third-order valence-corrected chi connectivity index (χ3v) is 11.5. The van der Waals surface area contributed by atoms with Crippen LogP contribution < -0.4 is 4.90 Å². The van der Waals surface area contributed by atoms with Crippen molar-refractivity contribution in [2.75, 3.05) is 43.8 Å². The number of hydrogen-bond donors (Lipinski definition) is 1. The van der Waals surface area contributed by atoms with Crippen LogP contribution in [0, 0.1) is 0 Å². The molecule has 1 aliphatic carbocycles. The average Bonchev–Trinajstić information content (AvgIpc) is 3.51. The number of benzene rings is 1. The van der Waals surface area contributed by atoms with Crippen molar-refractivity contribution in [3.05, 3.63) is 35.0 Å². The molecule has 3 aromatic rings. The van der Waals surface area contributed by atoms with Crippen LogP contribution in [0.1, 0.15) is 42.9 Å². The molecule has 0 spiro atoms. The minimum Gasteiger partial charge on any atom is -0.360 e. The van der Waals surface area contributed by atoms with Gasteiger partial charge in [0.1, 0.15) is 12.4 Å². The second kappa shape index (κ2) is 12.6. The molecule has 0 fully saturated rings. The maximum atomic E-state index is 14.1. The largest absolute Gasteiger partial charge is 0.360 e. The molecule has 0 saturated heterocycles. The predicted molar refractivity (Wildman–Crippen MR) is 176 cm³/mol. The van der Waals surface area contributed by atoms with Gasteiger partial charge in [-0.25, -0.2) is 4.68 Å². The van der Waals surface area contributed by atoms with Crippen molar-refractivity contribution in [3.8, 4) is 11.4 Å². The Kier molecular flexibility index (Phi) is 9.43. The maximum absolute atomic E-state index is 14.1. The number of anilines is 1. The highest BCUT2D eigenvalue weighted by molar-refractivity contribution is 7.86. The van der Waals surface area contributed by atoms with Gasteiger partial charge in [0.15, 0.2) is 0 Å². The van der Waals surface area contributed by atoms with Gasteiger partial charge < -0.3 is 14.6 Å². The molecule has 3 heterocycles. The van der Waals surface area contributed by atoms with Crippen LogP contribution in [0.4, 0.5) is 5.69 Å². The Morgan fingerprint density at radius 1 is 1.00 bits per heavy atom. The van der Waals surface area contributed by atoms with Gasteiger partial charge in [-0.2, -0.15) is 21.9 Å². The minimum atomic E-state index is -3.76. The number of rotatable bonds is 14. The number of aromatic nitrogens is 3. The van der Waals surface area contributed by atoms with Crippen molar-refractivity contribution >= 4 is 50.8 Å². The fraction of sp³-hybridized carbons (Fsp3) is 0.600. The number of aryl methyl sites for hydroxylation is 2. The van der Waals surface area contributed by atoms with Crippen LogP contribution in [0.5, 0.6) is 0 Å². The summed E-state index contributed by atoms with van der Waals surface area (Å²) >= 11 is 0. The zero-order chi connectivity index (χ0) is 32.8. The Balaban J connectivity index is 1.54. The quantitative estimate of drug-likeness (QED) is 0.150. The topological polar surface area (TPSA) is 150 Å². The predicted octanol–water partition coefficient (Wildman–Crippen LogP) is 4.17. The fourth-order valence-corrected chi connectivity index (χ4v) is 7.94. The Morgan fingerprint density at radius 3 is 2.27 bits per heavy atom. The molecule has 1 N–H and O–H groups in total. The van der Waals surface area contributed by atoms with Crippen LogP contribution >= 0.6 is 0 Å². The molecule has 0 bridgehead atoms. The van der Waals surface area contributed by atoms with Crippen molar-refractivity contribution in [2.24, 2.45) is 0 Å². The maximum Gasteiger partial charge on any atom is 0.264 e. The van der Waals surface area contributed by atoms with E-state index in [1.54, 1.807) is 4.90 Å². The van der Waals surface area contributed by atoms with E-state index in [1.165, 1.54) is 0 Å². The molecule has 0 atom stereocenters. The highest BCUT2D eigenvalue weighted by atomic mass is 32.2. The van der Waals surface area contributed by atoms with Crippen molar-refractivity contribution in [2.45, 2.75) is 76.9 Å². The first-order chi connectivity index (χ1) is 21.0. The Hall–Kier alpha value is -2.56. The molecule has 0 unspecified atom stereocenters. The van der Waals surface area contributed by atoms with Crippen LogP contribution in [0.2, 0.25) is 25.7 Å². The number of ether oxygens (including phenoxy) is 1. The summed E-state index contributed by atoms with van der Waals surface area (Å²) in [4.78, 5) is 19.4. The van der Waals surface area contributed by atoms with E-state index in [0.29, 0.717) is 25.4 Å². The minimum absolute atomic E-state index is 0.0354. The summed E-state index contributed by atoms with van der Waals surface area (Å²) in [5.74, 6) is -0.233. The SMILES string of the molecule is CCN1C(=O)C(CCOS(C)(=O)=O)(CCOS(C)(=O)=O)c2cc3[nH]c4c(c3cc21)CCCc1cn(COCC[Si](C)(C)C)nc1-4. The molecule has 1 amide bonds. The van der Waals surface area contributed by atoms with Gasteiger partial charge >= 0.3 is 0 Å². The number of nitrogens with one attached hydrogen (secondary N) is 1. The number of carbonyl (C=O) groups is 1. The molecule has 1 aliphatic heterocycles. The van der Waals surface area contributed by atoms with E-state index in [-0.39, 0.29) is 32.0 Å². The van der Waals surface area contributed by atoms with Gasteiger partial charge in [-0.15, -0.1) is 0 Å². The zero-order valence-electron chi connectivity index (χ0n) is 26.9. The smallest absolute Gasteiger partial charge is 0.264 e. The number of amides is 1. The number of H-pyrrole nitrogens is 1. The zero-order valence-corrected chi connectivity index (χ0v) is 29.6. The fourth-order valence-electron chi connectivity index (χ4n) is 6.41. The summed E-state index contributed by atoms with van der Waals surface area (Å²) in [5, 5.41) is 5.92. The molecule has 2 aromatic heterocycles. The van der Waals surface area contributed by atoms with Crippen molar-refractivity contribution in [1.29, 1.82) is 0 Å². The van der Waals surface area contributed by atoms with Crippen molar-refractivity contribution in [1.82, 2.24) is 14.8 Å². The van der Waals surface area contributed by atoms with Gasteiger partial charge in [-0.05, 0) is 73.9 Å². The van der Waals surface area contributed by atoms with Gasteiger partial charge in [0, 0.05) is 44.0 Å². The lowest BCUT2D eigenvalue weighted by Gasteiger charge is -2.28. The first kappa shape index (κ1) is 33.8. The van der Waals surface area contributed by atoms with E-state index in [2.05, 4.69) is 30.8 Å². The van der Waals surface area contributed by atoms with E-state index in [4.69, 9.17) is 18.2 Å². The second-order valence-corrected chi connectivity index (χ2v) is 22.2. The molecule has 248 valence electrons. The summed E-state index contributed by atoms with van der Waals surface area (Å²) in [5.41, 5.74) is 5.13. The third-order valence-electron chi connectivity index (χ3n) is 8.62. The van der Waals surface area contributed by atoms with Gasteiger partial charge in [0.05, 0.1) is 36.8 Å². The Morgan fingerprint density at radius 2 is 1.67 bits per heavy atom. The first-order valence-corrected chi connectivity index (χ1v) is 22.7. The van der Waals surface area contributed by atoms with Gasteiger partial charge in [-0.1, -0.05) is 19.6 Å². The lowest BCUT2D eigenvalue weighted by atomic mass is 9.76. The number of carbonyl (C=O) groups excluding carboxylic acids is 1. The van der Waals surface area contributed by atoms with Crippen LogP contribution in [0.3, 0.4) is 0 Å². The molecule has 12 nitrogen and oxygen atoms in total. The number of likely N-dealkylation sites (N-methyl/N-ethyl adjacent to an activating group) is 1. The molecule has 15 heteroatoms. The Bertz CT molecular complexity index is 1770. The van der Waals surface area contributed by atoms with Crippen LogP contribution in [0.25, 0.3) is 22.3 Å². The second-order valence-electron chi connectivity index (χ2n) is 13.3. The average molecular weight is 681 g/mol. The number of nitrogens with zero attached hydrogens (tertiary/aromatic N) is 3. The third kappa shape index (κ3) is 7.38. The van der Waals surface area contributed by atoms with Crippen molar-refractivity contribution in [3.63, 3.8) is 0 Å². The molecule has 1 aromatic carbocycles. The highest BCUT2D eigenvalue weighted by Crippen LogP contribution is 2.49. The lowest BCUT2D eigenvalue weighted by molar-refractivity contribution is -0.124. The summed E-state index contributed by atoms with van der Waals surface area (Å²) in [6.07, 6.45) is 6.73. The summed E-state index contributed by atoms with van der Waals surface area (Å²) < 4.78 is 65.1. The van der Waals surface area contributed by atoms with Crippen molar-refractivity contribution < 1.29 is 34.7 Å². The van der Waals surface area contributed by atoms with Crippen LogP contribution in [-0.2, 0) is 63.1 Å². The lowest BCUT2D eigenvalue weighted by Crippen LogP contribution is -2.42. The number of aromatic amines is 1. The van der Waals surface area contributed by atoms with E-state index in [1.807, 2.05) is 23.7 Å². The summed E-state index contributed by atoms with van der Waals surface area (Å²) in [6.45, 7) is 9.87. The van der Waals surface area contributed by atoms with E-state index < -0.39 is 33.7 Å². The summed E-state index contributed by atoms with van der Waals surface area (Å²) in [7, 11) is -8.70. The normalized spacial score (nSPS) is 16.6. The molecular formula is C30H44N4O8S2Si. The van der Waals surface area contributed by atoms with E-state index in [9.17, 15) is 21.6 Å². The molecule has 45 heavy (non-hydrogen) atoms. The molecule has 2 aliphatic rings. The molecule has 5 rings (SSSR count). The van der Waals surface area contributed by atoms with Gasteiger partial charge in [0.25, 0.3) is 20.2 Å². The van der Waals surface area contributed by atoms with Gasteiger partial charge in [-0.3, -0.25) is 13.2 Å². The van der Waals surface area contributed by atoms with Gasteiger partial charge in [0.2, 0.25) is 5.91 Å². The van der Waals surface area contributed by atoms with E-state index in [0.717, 1.165) is 76.9 Å². The van der Waals surface area contributed by atoms with Crippen LogP contribution in [0.15, 0.2) is 18.3 Å². The Labute approximate surface area is 266 Å². The number of fused-ring (bicyclic) bond motifs is 6. The van der Waals surface area contributed by atoms with E-state index >= 15 is 0 Å². The monoisotopic (exact) mass is 680 g/mol. The summed E-state index contributed by atoms with van der Waals surface area (Å²) in [6, 6.07) is 5.06.